The SMILES string of the molecule is CC(=O)c1c(C)nn(CC(=O)NCC2(N(C)C)CCOCC2)c1C. The fraction of sp³-hybridized carbons (Fsp3) is 0.706. The van der Waals surface area contributed by atoms with Crippen LogP contribution < -0.4 is 5.32 Å². The average Bonchev–Trinajstić information content (AvgIpc) is 2.80. The van der Waals surface area contributed by atoms with Crippen molar-refractivity contribution in [3.05, 3.63) is 17.0 Å². The summed E-state index contributed by atoms with van der Waals surface area (Å²) in [7, 11) is 4.08. The molecule has 2 heterocycles. The molecule has 0 aliphatic carbocycles. The lowest BCUT2D eigenvalue weighted by atomic mass is 9.88. The number of nitrogens with zero attached hydrogens (tertiary/aromatic N) is 3. The van der Waals surface area contributed by atoms with Crippen LogP contribution in [0.25, 0.3) is 0 Å². The number of carbonyl (C=O) groups excluding carboxylic acids is 2. The van der Waals surface area contributed by atoms with Crippen molar-refractivity contribution in [1.82, 2.24) is 20.0 Å². The lowest BCUT2D eigenvalue weighted by molar-refractivity contribution is -0.123. The Morgan fingerprint density at radius 1 is 1.29 bits per heavy atom. The Hall–Kier alpha value is -1.73. The lowest BCUT2D eigenvalue weighted by Gasteiger charge is -2.42. The number of carbonyl (C=O) groups is 2. The van der Waals surface area contributed by atoms with Crippen LogP contribution in [-0.4, -0.2) is 65.8 Å². The molecule has 7 nitrogen and oxygen atoms in total. The Balaban J connectivity index is 2.01. The Morgan fingerprint density at radius 3 is 2.42 bits per heavy atom. The number of nitrogens with one attached hydrogen (secondary N) is 1. The molecule has 1 amide bonds. The summed E-state index contributed by atoms with van der Waals surface area (Å²) in [5.74, 6) is -0.117. The molecule has 0 atom stereocenters. The zero-order valence-corrected chi connectivity index (χ0v) is 15.3. The highest BCUT2D eigenvalue weighted by Crippen LogP contribution is 2.25. The Labute approximate surface area is 143 Å². The number of aryl methyl sites for hydroxylation is 1. The molecule has 1 fully saturated rings. The van der Waals surface area contributed by atoms with Gasteiger partial charge in [-0.1, -0.05) is 0 Å². The molecule has 134 valence electrons. The minimum absolute atomic E-state index is 0.0228. The van der Waals surface area contributed by atoms with E-state index in [1.54, 1.807) is 11.6 Å². The molecule has 1 N–H and O–H groups in total. The van der Waals surface area contributed by atoms with Crippen LogP contribution in [-0.2, 0) is 16.1 Å². The van der Waals surface area contributed by atoms with Crippen LogP contribution in [0.5, 0.6) is 0 Å². The van der Waals surface area contributed by atoms with Crippen molar-refractivity contribution in [2.75, 3.05) is 33.9 Å². The largest absolute Gasteiger partial charge is 0.381 e. The zero-order chi connectivity index (χ0) is 17.9. The van der Waals surface area contributed by atoms with E-state index in [0.717, 1.165) is 18.5 Å². The van der Waals surface area contributed by atoms with Crippen molar-refractivity contribution in [2.24, 2.45) is 0 Å². The summed E-state index contributed by atoms with van der Waals surface area (Å²) >= 11 is 0. The fourth-order valence-electron chi connectivity index (χ4n) is 3.35. The van der Waals surface area contributed by atoms with Gasteiger partial charge in [0, 0.05) is 31.0 Å². The molecule has 1 aromatic rings. The monoisotopic (exact) mass is 336 g/mol. The van der Waals surface area contributed by atoms with Gasteiger partial charge < -0.3 is 15.0 Å². The van der Waals surface area contributed by atoms with Gasteiger partial charge in [0.2, 0.25) is 5.91 Å². The van der Waals surface area contributed by atoms with Gasteiger partial charge in [0.25, 0.3) is 0 Å². The van der Waals surface area contributed by atoms with Crippen molar-refractivity contribution in [2.45, 2.75) is 45.7 Å². The smallest absolute Gasteiger partial charge is 0.241 e. The van der Waals surface area contributed by atoms with Crippen molar-refractivity contribution in [3.63, 3.8) is 0 Å². The van der Waals surface area contributed by atoms with Crippen LogP contribution >= 0.6 is 0 Å². The quantitative estimate of drug-likeness (QED) is 0.782. The number of ketones is 1. The molecular weight excluding hydrogens is 308 g/mol. The summed E-state index contributed by atoms with van der Waals surface area (Å²) in [6.45, 7) is 7.28. The summed E-state index contributed by atoms with van der Waals surface area (Å²) in [4.78, 5) is 26.2. The van der Waals surface area contributed by atoms with E-state index in [-0.39, 0.29) is 23.8 Å². The van der Waals surface area contributed by atoms with Crippen molar-refractivity contribution >= 4 is 11.7 Å². The van der Waals surface area contributed by atoms with E-state index in [9.17, 15) is 9.59 Å². The number of ether oxygens (including phenoxy) is 1. The maximum Gasteiger partial charge on any atom is 0.241 e. The summed E-state index contributed by atoms with van der Waals surface area (Å²) in [5.41, 5.74) is 1.95. The third-order valence-electron chi connectivity index (χ3n) is 5.01. The van der Waals surface area contributed by atoms with E-state index >= 15 is 0 Å². The Morgan fingerprint density at radius 2 is 1.92 bits per heavy atom. The second-order valence-electron chi connectivity index (χ2n) is 6.77. The first-order valence-corrected chi connectivity index (χ1v) is 8.33. The lowest BCUT2D eigenvalue weighted by Crippen LogP contribution is -2.56. The van der Waals surface area contributed by atoms with Gasteiger partial charge in [0.1, 0.15) is 6.54 Å². The molecule has 0 unspecified atom stereocenters. The van der Waals surface area contributed by atoms with Crippen molar-refractivity contribution in [3.8, 4) is 0 Å². The third kappa shape index (κ3) is 3.84. The van der Waals surface area contributed by atoms with Gasteiger partial charge in [0.05, 0.1) is 11.3 Å². The highest BCUT2D eigenvalue weighted by atomic mass is 16.5. The molecule has 2 rings (SSSR count). The van der Waals surface area contributed by atoms with Crippen LogP contribution in [0.2, 0.25) is 0 Å². The van der Waals surface area contributed by atoms with Crippen molar-refractivity contribution < 1.29 is 14.3 Å². The highest BCUT2D eigenvalue weighted by Gasteiger charge is 2.35. The first kappa shape index (κ1) is 18.6. The molecule has 1 aromatic heterocycles. The molecule has 0 spiro atoms. The van der Waals surface area contributed by atoms with Crippen molar-refractivity contribution in [1.29, 1.82) is 0 Å². The molecule has 0 bridgehead atoms. The molecule has 7 heteroatoms. The van der Waals surface area contributed by atoms with Crippen LogP contribution in [0.15, 0.2) is 0 Å². The van der Waals surface area contributed by atoms with E-state index < -0.39 is 0 Å². The van der Waals surface area contributed by atoms with Gasteiger partial charge in [-0.2, -0.15) is 5.10 Å². The maximum absolute atomic E-state index is 12.4. The topological polar surface area (TPSA) is 76.5 Å². The van der Waals surface area contributed by atoms with Gasteiger partial charge >= 0.3 is 0 Å². The summed E-state index contributed by atoms with van der Waals surface area (Å²) in [6, 6.07) is 0. The van der Waals surface area contributed by atoms with Crippen LogP contribution in [0.1, 0.15) is 41.5 Å². The normalized spacial score (nSPS) is 17.1. The molecule has 0 aromatic carbocycles. The predicted molar refractivity (Wildman–Crippen MR) is 91.2 cm³/mol. The van der Waals surface area contributed by atoms with Crippen LogP contribution in [0.4, 0.5) is 0 Å². The molecule has 0 saturated carbocycles. The molecule has 1 aliphatic rings. The van der Waals surface area contributed by atoms with E-state index in [1.807, 2.05) is 21.0 Å². The van der Waals surface area contributed by atoms with Gasteiger partial charge in [-0.3, -0.25) is 14.3 Å². The maximum atomic E-state index is 12.4. The second-order valence-corrected chi connectivity index (χ2v) is 6.77. The highest BCUT2D eigenvalue weighted by molar-refractivity contribution is 5.96. The number of hydrogen-bond acceptors (Lipinski definition) is 5. The molecular formula is C17H28N4O3. The van der Waals surface area contributed by atoms with Gasteiger partial charge in [0.15, 0.2) is 5.78 Å². The second kappa shape index (κ2) is 7.44. The number of rotatable bonds is 6. The molecule has 1 aliphatic heterocycles. The Kier molecular flexibility index (Phi) is 5.77. The fourth-order valence-corrected chi connectivity index (χ4v) is 3.35. The van der Waals surface area contributed by atoms with E-state index in [4.69, 9.17) is 4.74 Å². The number of likely N-dealkylation sites (N-methyl/N-ethyl adjacent to an activating group) is 1. The van der Waals surface area contributed by atoms with Gasteiger partial charge in [-0.05, 0) is 47.7 Å². The van der Waals surface area contributed by atoms with E-state index in [2.05, 4.69) is 15.3 Å². The minimum Gasteiger partial charge on any atom is -0.381 e. The summed E-state index contributed by atoms with van der Waals surface area (Å²) in [5, 5.41) is 7.35. The minimum atomic E-state index is -0.0941. The number of aromatic nitrogens is 2. The third-order valence-corrected chi connectivity index (χ3v) is 5.01. The molecule has 0 radical (unpaired) electrons. The van der Waals surface area contributed by atoms with E-state index in [0.29, 0.717) is 31.0 Å². The van der Waals surface area contributed by atoms with Crippen LogP contribution in [0, 0.1) is 13.8 Å². The Bertz CT molecular complexity index is 616. The predicted octanol–water partition coefficient (Wildman–Crippen LogP) is 0.930. The average molecular weight is 336 g/mol. The van der Waals surface area contributed by atoms with Crippen LogP contribution in [0.3, 0.4) is 0 Å². The molecule has 1 saturated heterocycles. The number of hydrogen-bond donors (Lipinski definition) is 1. The number of Topliss-reactive ketones (excluding diaryl/α,β-unsaturated/α-hetero) is 1. The number of amides is 1. The summed E-state index contributed by atoms with van der Waals surface area (Å²) in [6.07, 6.45) is 1.79. The standard InChI is InChI=1S/C17H28N4O3/c1-12-16(14(3)22)13(2)21(19-12)10-15(23)18-11-17(20(4)5)6-8-24-9-7-17/h6-11H2,1-5H3,(H,18,23). The van der Waals surface area contributed by atoms with Gasteiger partial charge in [-0.25, -0.2) is 0 Å². The first-order valence-electron chi connectivity index (χ1n) is 8.33. The zero-order valence-electron chi connectivity index (χ0n) is 15.3. The van der Waals surface area contributed by atoms with Gasteiger partial charge in [-0.15, -0.1) is 0 Å². The first-order chi connectivity index (χ1) is 11.3. The molecule has 24 heavy (non-hydrogen) atoms. The summed E-state index contributed by atoms with van der Waals surface area (Å²) < 4.78 is 7.05. The van der Waals surface area contributed by atoms with E-state index in [1.165, 1.54) is 6.92 Å².